The smallest absolute Gasteiger partial charge is 0.327 e. The zero-order chi connectivity index (χ0) is 13.8. The van der Waals surface area contributed by atoms with E-state index in [1.807, 2.05) is 0 Å². The molecule has 0 fully saturated rings. The minimum absolute atomic E-state index is 0.153. The monoisotopic (exact) mass is 280 g/mol. The first-order valence-corrected chi connectivity index (χ1v) is 5.87. The molecule has 0 saturated heterocycles. The number of nitrogens with zero attached hydrogens (tertiary/aromatic N) is 1. The number of nitro benzene ring substituents is 1. The summed E-state index contributed by atoms with van der Waals surface area (Å²) in [6.45, 7) is 0.349. The second-order valence-electron chi connectivity index (χ2n) is 3.87. The van der Waals surface area contributed by atoms with Crippen molar-refractivity contribution in [2.24, 2.45) is 0 Å². The Bertz CT molecular complexity index is 602. The first-order valence-electron chi connectivity index (χ1n) is 5.49. The van der Waals surface area contributed by atoms with E-state index < -0.39 is 16.4 Å². The van der Waals surface area contributed by atoms with Crippen molar-refractivity contribution in [2.45, 2.75) is 6.54 Å². The number of rotatable bonds is 4. The molecule has 0 heterocycles. The molecule has 0 aliphatic heterocycles. The average molecular weight is 281 g/mol. The van der Waals surface area contributed by atoms with Crippen molar-refractivity contribution < 1.29 is 9.31 Å². The van der Waals surface area contributed by atoms with Gasteiger partial charge >= 0.3 is 5.69 Å². The molecule has 0 amide bonds. The van der Waals surface area contributed by atoms with Crippen LogP contribution < -0.4 is 5.32 Å². The highest BCUT2D eigenvalue weighted by Gasteiger charge is 2.19. The minimum Gasteiger partial charge on any atom is -0.375 e. The summed E-state index contributed by atoms with van der Waals surface area (Å²) >= 11 is 5.76. The molecule has 4 nitrogen and oxygen atoms in total. The SMILES string of the molecule is O=[N+]([O-])c1c(F)cccc1NCc1ccc(Cl)cc1. The van der Waals surface area contributed by atoms with E-state index in [-0.39, 0.29) is 5.69 Å². The van der Waals surface area contributed by atoms with E-state index >= 15 is 0 Å². The van der Waals surface area contributed by atoms with E-state index in [0.717, 1.165) is 11.6 Å². The quantitative estimate of drug-likeness (QED) is 0.680. The Labute approximate surface area is 114 Å². The summed E-state index contributed by atoms with van der Waals surface area (Å²) in [5, 5.41) is 14.3. The van der Waals surface area contributed by atoms with E-state index in [1.165, 1.54) is 12.1 Å². The van der Waals surface area contributed by atoms with Gasteiger partial charge in [-0.15, -0.1) is 0 Å². The molecule has 0 saturated carbocycles. The van der Waals surface area contributed by atoms with Gasteiger partial charge in [-0.05, 0) is 29.8 Å². The summed E-state index contributed by atoms with van der Waals surface area (Å²) in [6, 6.07) is 11.0. The van der Waals surface area contributed by atoms with Crippen LogP contribution in [0.4, 0.5) is 15.8 Å². The lowest BCUT2D eigenvalue weighted by molar-refractivity contribution is -0.386. The number of hydrogen-bond donors (Lipinski definition) is 1. The molecule has 2 rings (SSSR count). The van der Waals surface area contributed by atoms with Crippen LogP contribution in [0.25, 0.3) is 0 Å². The topological polar surface area (TPSA) is 55.2 Å². The average Bonchev–Trinajstić information content (AvgIpc) is 2.37. The Morgan fingerprint density at radius 2 is 1.89 bits per heavy atom. The van der Waals surface area contributed by atoms with Crippen molar-refractivity contribution >= 4 is 23.0 Å². The van der Waals surface area contributed by atoms with Gasteiger partial charge in [-0.1, -0.05) is 29.8 Å². The molecule has 0 atom stereocenters. The van der Waals surface area contributed by atoms with Gasteiger partial charge in [0.05, 0.1) is 4.92 Å². The maximum Gasteiger partial charge on any atom is 0.327 e. The summed E-state index contributed by atoms with van der Waals surface area (Å²) in [7, 11) is 0. The first kappa shape index (κ1) is 13.3. The number of anilines is 1. The maximum atomic E-state index is 13.4. The zero-order valence-electron chi connectivity index (χ0n) is 9.77. The fourth-order valence-electron chi connectivity index (χ4n) is 1.64. The Morgan fingerprint density at radius 1 is 1.21 bits per heavy atom. The molecular formula is C13H10ClFN2O2. The number of nitro groups is 1. The molecule has 0 aliphatic carbocycles. The Kier molecular flexibility index (Phi) is 3.97. The van der Waals surface area contributed by atoms with Gasteiger partial charge in [0.2, 0.25) is 5.82 Å². The molecule has 0 spiro atoms. The largest absolute Gasteiger partial charge is 0.375 e. The van der Waals surface area contributed by atoms with Gasteiger partial charge in [0.1, 0.15) is 5.69 Å². The van der Waals surface area contributed by atoms with Crippen LogP contribution in [0, 0.1) is 15.9 Å². The van der Waals surface area contributed by atoms with Crippen molar-refractivity contribution in [3.63, 3.8) is 0 Å². The highest BCUT2D eigenvalue weighted by atomic mass is 35.5. The third-order valence-corrected chi connectivity index (χ3v) is 2.82. The predicted octanol–water partition coefficient (Wildman–Crippen LogP) is 4.00. The first-order chi connectivity index (χ1) is 9.08. The van der Waals surface area contributed by atoms with Crippen LogP contribution in [-0.2, 0) is 6.54 Å². The Hall–Kier alpha value is -2.14. The molecule has 0 aliphatic rings. The van der Waals surface area contributed by atoms with Crippen LogP contribution >= 0.6 is 11.6 Å². The number of hydrogen-bond acceptors (Lipinski definition) is 3. The lowest BCUT2D eigenvalue weighted by Crippen LogP contribution is -2.04. The molecule has 0 radical (unpaired) electrons. The van der Waals surface area contributed by atoms with Crippen LogP contribution in [0.3, 0.4) is 0 Å². The van der Waals surface area contributed by atoms with E-state index in [9.17, 15) is 14.5 Å². The summed E-state index contributed by atoms with van der Waals surface area (Å²) in [5.74, 6) is -0.855. The summed E-state index contributed by atoms with van der Waals surface area (Å²) in [5.41, 5.74) is 0.499. The molecule has 98 valence electrons. The molecule has 19 heavy (non-hydrogen) atoms. The van der Waals surface area contributed by atoms with Crippen LogP contribution in [0.15, 0.2) is 42.5 Å². The highest BCUT2D eigenvalue weighted by molar-refractivity contribution is 6.30. The predicted molar refractivity (Wildman–Crippen MR) is 71.8 cm³/mol. The van der Waals surface area contributed by atoms with Crippen molar-refractivity contribution in [3.8, 4) is 0 Å². The normalized spacial score (nSPS) is 10.2. The van der Waals surface area contributed by atoms with Gasteiger partial charge in [-0.3, -0.25) is 10.1 Å². The molecular weight excluding hydrogens is 271 g/mol. The molecule has 2 aromatic rings. The van der Waals surface area contributed by atoms with Gasteiger partial charge in [-0.25, -0.2) is 0 Å². The molecule has 6 heteroatoms. The van der Waals surface area contributed by atoms with Crippen molar-refractivity contribution in [1.29, 1.82) is 0 Å². The lowest BCUT2D eigenvalue weighted by Gasteiger charge is -2.07. The van der Waals surface area contributed by atoms with Crippen LogP contribution in [0.1, 0.15) is 5.56 Å². The molecule has 1 N–H and O–H groups in total. The summed E-state index contributed by atoms with van der Waals surface area (Å²) in [4.78, 5) is 10.1. The van der Waals surface area contributed by atoms with Crippen molar-refractivity contribution in [2.75, 3.05) is 5.32 Å². The van der Waals surface area contributed by atoms with Gasteiger partial charge in [0.25, 0.3) is 0 Å². The molecule has 0 unspecified atom stereocenters. The maximum absolute atomic E-state index is 13.4. The molecule has 0 bridgehead atoms. The fourth-order valence-corrected chi connectivity index (χ4v) is 1.77. The van der Waals surface area contributed by atoms with Crippen LogP contribution in [0.2, 0.25) is 5.02 Å². The number of halogens is 2. The fraction of sp³-hybridized carbons (Fsp3) is 0.0769. The summed E-state index contributed by atoms with van der Waals surface area (Å²) < 4.78 is 13.4. The van der Waals surface area contributed by atoms with Gasteiger partial charge in [0, 0.05) is 11.6 Å². The van der Waals surface area contributed by atoms with E-state index in [2.05, 4.69) is 5.32 Å². The van der Waals surface area contributed by atoms with Gasteiger partial charge < -0.3 is 5.32 Å². The standard InChI is InChI=1S/C13H10ClFN2O2/c14-10-6-4-9(5-7-10)8-16-12-3-1-2-11(15)13(12)17(18)19/h1-7,16H,8H2. The second-order valence-corrected chi connectivity index (χ2v) is 4.31. The second kappa shape index (κ2) is 5.67. The van der Waals surface area contributed by atoms with E-state index in [0.29, 0.717) is 11.6 Å². The molecule has 0 aromatic heterocycles. The van der Waals surface area contributed by atoms with Gasteiger partial charge in [-0.2, -0.15) is 4.39 Å². The number of nitrogens with one attached hydrogen (secondary N) is 1. The summed E-state index contributed by atoms with van der Waals surface area (Å²) in [6.07, 6.45) is 0. The van der Waals surface area contributed by atoms with Gasteiger partial charge in [0.15, 0.2) is 0 Å². The van der Waals surface area contributed by atoms with E-state index in [1.54, 1.807) is 24.3 Å². The Balaban J connectivity index is 2.18. The number of para-hydroxylation sites is 1. The third kappa shape index (κ3) is 3.20. The van der Waals surface area contributed by atoms with E-state index in [4.69, 9.17) is 11.6 Å². The Morgan fingerprint density at radius 3 is 2.53 bits per heavy atom. The van der Waals surface area contributed by atoms with Crippen LogP contribution in [-0.4, -0.2) is 4.92 Å². The third-order valence-electron chi connectivity index (χ3n) is 2.57. The zero-order valence-corrected chi connectivity index (χ0v) is 10.5. The highest BCUT2D eigenvalue weighted by Crippen LogP contribution is 2.27. The van der Waals surface area contributed by atoms with Crippen molar-refractivity contribution in [3.05, 3.63) is 69.0 Å². The molecule has 2 aromatic carbocycles. The lowest BCUT2D eigenvalue weighted by atomic mass is 10.2. The minimum atomic E-state index is -0.855. The van der Waals surface area contributed by atoms with Crippen molar-refractivity contribution in [1.82, 2.24) is 0 Å². The van der Waals surface area contributed by atoms with Crippen LogP contribution in [0.5, 0.6) is 0 Å². The number of benzene rings is 2.